The summed E-state index contributed by atoms with van der Waals surface area (Å²) in [4.78, 5) is 65.4. The van der Waals surface area contributed by atoms with E-state index in [1.165, 1.54) is 4.90 Å². The molecule has 3 aromatic carbocycles. The smallest absolute Gasteiger partial charge is 0.415 e. The molecule has 1 atom stereocenters. The standard InChI is InChI=1S/C33H35N5O6/c1-33(2,3)44-32(43)37(19-21-7-5-4-6-8-21)25-12-10-24(11-13-25)35-31(42)34-18-22-9-14-26-23(17-22)20-38(30(26)41)27-15-16-28(39)36-29(27)40/h4-14,17,27H,15-16,18-20H2,1-3H3,(H2,34,35,42)(H,36,39,40). The number of urea groups is 1. The average Bonchev–Trinajstić information content (AvgIpc) is 3.30. The van der Waals surface area contributed by atoms with Crippen LogP contribution in [0.4, 0.5) is 21.0 Å². The number of anilines is 2. The van der Waals surface area contributed by atoms with Gasteiger partial charge in [0.1, 0.15) is 11.6 Å². The number of carbonyl (C=O) groups is 5. The molecular weight excluding hydrogens is 562 g/mol. The van der Waals surface area contributed by atoms with E-state index in [1.807, 2.05) is 57.2 Å². The van der Waals surface area contributed by atoms with Crippen LogP contribution in [0.5, 0.6) is 0 Å². The predicted molar refractivity (Wildman–Crippen MR) is 164 cm³/mol. The van der Waals surface area contributed by atoms with Crippen molar-refractivity contribution >= 4 is 41.2 Å². The third-order valence-electron chi connectivity index (χ3n) is 7.28. The largest absolute Gasteiger partial charge is 0.443 e. The zero-order valence-corrected chi connectivity index (χ0v) is 24.9. The second kappa shape index (κ2) is 12.6. The maximum Gasteiger partial charge on any atom is 0.415 e. The second-order valence-electron chi connectivity index (χ2n) is 11.8. The van der Waals surface area contributed by atoms with Crippen LogP contribution in [0.25, 0.3) is 0 Å². The highest BCUT2D eigenvalue weighted by atomic mass is 16.6. The summed E-state index contributed by atoms with van der Waals surface area (Å²) in [5.41, 5.74) is 3.51. The molecule has 228 valence electrons. The summed E-state index contributed by atoms with van der Waals surface area (Å²) in [7, 11) is 0. The zero-order valence-electron chi connectivity index (χ0n) is 24.9. The minimum absolute atomic E-state index is 0.194. The molecule has 0 saturated carbocycles. The van der Waals surface area contributed by atoms with Gasteiger partial charge in [0.2, 0.25) is 11.8 Å². The Morgan fingerprint density at radius 3 is 2.39 bits per heavy atom. The SMILES string of the molecule is CC(C)(C)OC(=O)N(Cc1ccccc1)c1ccc(NC(=O)NCc2ccc3c(c2)CN(C2CCC(=O)NC2=O)C3=O)cc1. The molecule has 2 heterocycles. The molecule has 6 amide bonds. The summed E-state index contributed by atoms with van der Waals surface area (Å²) in [5, 5.41) is 7.91. The van der Waals surface area contributed by atoms with Crippen molar-refractivity contribution in [2.45, 2.75) is 64.9 Å². The van der Waals surface area contributed by atoms with E-state index in [9.17, 15) is 24.0 Å². The number of amides is 6. The third-order valence-corrected chi connectivity index (χ3v) is 7.28. The number of ether oxygens (including phenoxy) is 1. The van der Waals surface area contributed by atoms with Crippen LogP contribution in [0.15, 0.2) is 72.8 Å². The quantitative estimate of drug-likeness (QED) is 0.338. The molecule has 44 heavy (non-hydrogen) atoms. The molecule has 11 nitrogen and oxygen atoms in total. The molecule has 0 radical (unpaired) electrons. The van der Waals surface area contributed by atoms with Gasteiger partial charge in [0.15, 0.2) is 0 Å². The van der Waals surface area contributed by atoms with Crippen LogP contribution < -0.4 is 20.9 Å². The monoisotopic (exact) mass is 597 g/mol. The Kier molecular flexibility index (Phi) is 8.66. The normalized spacial score (nSPS) is 16.2. The lowest BCUT2D eigenvalue weighted by molar-refractivity contribution is -0.136. The molecular formula is C33H35N5O6. The highest BCUT2D eigenvalue weighted by Crippen LogP contribution is 2.28. The van der Waals surface area contributed by atoms with Gasteiger partial charge in [-0.1, -0.05) is 42.5 Å². The van der Waals surface area contributed by atoms with E-state index in [0.29, 0.717) is 29.9 Å². The van der Waals surface area contributed by atoms with Gasteiger partial charge < -0.3 is 20.3 Å². The number of hydrogen-bond acceptors (Lipinski definition) is 6. The van der Waals surface area contributed by atoms with E-state index < -0.39 is 29.7 Å². The van der Waals surface area contributed by atoms with Crippen LogP contribution >= 0.6 is 0 Å². The minimum Gasteiger partial charge on any atom is -0.443 e. The third kappa shape index (κ3) is 7.23. The van der Waals surface area contributed by atoms with E-state index in [-0.39, 0.29) is 31.3 Å². The number of benzene rings is 3. The Morgan fingerprint density at radius 2 is 1.70 bits per heavy atom. The summed E-state index contributed by atoms with van der Waals surface area (Å²) < 4.78 is 5.63. The number of nitrogens with one attached hydrogen (secondary N) is 3. The molecule has 2 aliphatic rings. The number of nitrogens with zero attached hydrogens (tertiary/aromatic N) is 2. The van der Waals surface area contributed by atoms with Gasteiger partial charge in [-0.25, -0.2) is 9.59 Å². The summed E-state index contributed by atoms with van der Waals surface area (Å²) in [6.45, 7) is 6.24. The van der Waals surface area contributed by atoms with Crippen molar-refractivity contribution in [3.63, 3.8) is 0 Å². The molecule has 1 unspecified atom stereocenters. The van der Waals surface area contributed by atoms with Gasteiger partial charge in [-0.05, 0) is 74.2 Å². The highest BCUT2D eigenvalue weighted by molar-refractivity contribution is 6.05. The summed E-state index contributed by atoms with van der Waals surface area (Å²) in [5.74, 6) is -1.03. The molecule has 0 aromatic heterocycles. The number of carbonyl (C=O) groups excluding carboxylic acids is 5. The van der Waals surface area contributed by atoms with Crippen molar-refractivity contribution in [1.29, 1.82) is 0 Å². The van der Waals surface area contributed by atoms with Gasteiger partial charge in [0.05, 0.1) is 6.54 Å². The molecule has 3 N–H and O–H groups in total. The Balaban J connectivity index is 1.18. The Morgan fingerprint density at radius 1 is 0.977 bits per heavy atom. The number of fused-ring (bicyclic) bond motifs is 1. The summed E-state index contributed by atoms with van der Waals surface area (Å²) >= 11 is 0. The van der Waals surface area contributed by atoms with Crippen LogP contribution in [0, 0.1) is 0 Å². The molecule has 11 heteroatoms. The molecule has 3 aromatic rings. The fraction of sp³-hybridized carbons (Fsp3) is 0.303. The zero-order chi connectivity index (χ0) is 31.4. The van der Waals surface area contributed by atoms with Crippen LogP contribution in [0.1, 0.15) is 60.7 Å². The van der Waals surface area contributed by atoms with Gasteiger partial charge in [-0.3, -0.25) is 24.6 Å². The van der Waals surface area contributed by atoms with Crippen molar-refractivity contribution in [1.82, 2.24) is 15.5 Å². The lowest BCUT2D eigenvalue weighted by atomic mass is 10.0. The van der Waals surface area contributed by atoms with E-state index in [1.54, 1.807) is 41.3 Å². The van der Waals surface area contributed by atoms with E-state index in [2.05, 4.69) is 16.0 Å². The van der Waals surface area contributed by atoms with Gasteiger partial charge >= 0.3 is 12.1 Å². The van der Waals surface area contributed by atoms with Crippen LogP contribution in [-0.2, 0) is 34.0 Å². The lowest BCUT2D eigenvalue weighted by Crippen LogP contribution is -2.52. The van der Waals surface area contributed by atoms with Crippen molar-refractivity contribution in [3.8, 4) is 0 Å². The van der Waals surface area contributed by atoms with Gasteiger partial charge in [0.25, 0.3) is 5.91 Å². The Labute approximate surface area is 255 Å². The summed E-state index contributed by atoms with van der Waals surface area (Å²) in [6.07, 6.45) is 0.0155. The second-order valence-corrected chi connectivity index (χ2v) is 11.8. The first kappa shape index (κ1) is 30.3. The lowest BCUT2D eigenvalue weighted by Gasteiger charge is -2.29. The van der Waals surface area contributed by atoms with Crippen LogP contribution in [0.3, 0.4) is 0 Å². The molecule has 5 rings (SSSR count). The fourth-order valence-corrected chi connectivity index (χ4v) is 5.16. The number of rotatable bonds is 7. The van der Waals surface area contributed by atoms with Crippen molar-refractivity contribution in [2.24, 2.45) is 0 Å². The number of piperidine rings is 1. The maximum absolute atomic E-state index is 13.0. The van der Waals surface area contributed by atoms with Crippen molar-refractivity contribution < 1.29 is 28.7 Å². The topological polar surface area (TPSA) is 137 Å². The van der Waals surface area contributed by atoms with Gasteiger partial charge in [-0.2, -0.15) is 0 Å². The highest BCUT2D eigenvalue weighted by Gasteiger charge is 2.39. The van der Waals surface area contributed by atoms with Gasteiger partial charge in [-0.15, -0.1) is 0 Å². The van der Waals surface area contributed by atoms with E-state index >= 15 is 0 Å². The van der Waals surface area contributed by atoms with Crippen molar-refractivity contribution in [2.75, 3.05) is 10.2 Å². The van der Waals surface area contributed by atoms with Crippen molar-refractivity contribution in [3.05, 3.63) is 95.1 Å². The molecule has 1 saturated heterocycles. The summed E-state index contributed by atoms with van der Waals surface area (Å²) in [6, 6.07) is 20.7. The number of hydrogen-bond donors (Lipinski definition) is 3. The fourth-order valence-electron chi connectivity index (χ4n) is 5.16. The predicted octanol–water partition coefficient (Wildman–Crippen LogP) is 4.71. The first-order valence-electron chi connectivity index (χ1n) is 14.4. The first-order valence-corrected chi connectivity index (χ1v) is 14.4. The van der Waals surface area contributed by atoms with Crippen LogP contribution in [0.2, 0.25) is 0 Å². The molecule has 0 aliphatic carbocycles. The van der Waals surface area contributed by atoms with E-state index in [0.717, 1.165) is 16.7 Å². The molecule has 1 fully saturated rings. The first-order chi connectivity index (χ1) is 21.0. The van der Waals surface area contributed by atoms with Gasteiger partial charge in [0, 0.05) is 36.4 Å². The maximum atomic E-state index is 13.0. The minimum atomic E-state index is -0.680. The van der Waals surface area contributed by atoms with Crippen LogP contribution in [-0.4, -0.2) is 46.4 Å². The molecule has 0 spiro atoms. The number of imide groups is 1. The van der Waals surface area contributed by atoms with E-state index in [4.69, 9.17) is 4.74 Å². The Hall–Kier alpha value is -5.19. The average molecular weight is 598 g/mol. The Bertz CT molecular complexity index is 1580. The molecule has 2 aliphatic heterocycles. The molecule has 0 bridgehead atoms.